The van der Waals surface area contributed by atoms with Crippen molar-refractivity contribution in [2.75, 3.05) is 13.1 Å². The number of likely N-dealkylation sites (tertiary alicyclic amines) is 1. The molecule has 1 aliphatic rings. The van der Waals surface area contributed by atoms with Crippen molar-refractivity contribution in [1.82, 2.24) is 10.2 Å². The fraction of sp³-hybridized carbons (Fsp3) is 0.615. The van der Waals surface area contributed by atoms with Crippen LogP contribution in [-0.2, 0) is 11.3 Å². The molecule has 0 spiro atoms. The molecular formula is C13H19BrN2O2S. The van der Waals surface area contributed by atoms with Gasteiger partial charge in [0.25, 0.3) is 0 Å². The van der Waals surface area contributed by atoms with Crippen LogP contribution in [0.5, 0.6) is 0 Å². The van der Waals surface area contributed by atoms with Crippen molar-refractivity contribution in [1.29, 1.82) is 0 Å². The number of rotatable bonds is 3. The fourth-order valence-corrected chi connectivity index (χ4v) is 3.21. The first kappa shape index (κ1) is 14.8. The molecule has 19 heavy (non-hydrogen) atoms. The largest absolute Gasteiger partial charge is 0.444 e. The first-order valence-corrected chi connectivity index (χ1v) is 7.95. The van der Waals surface area contributed by atoms with Gasteiger partial charge in [-0.15, -0.1) is 11.3 Å². The SMILES string of the molecule is CC(C)(C)OC(=O)N1CC(NCc2sccc2Br)C1. The maximum Gasteiger partial charge on any atom is 0.410 e. The van der Waals surface area contributed by atoms with E-state index in [9.17, 15) is 4.79 Å². The summed E-state index contributed by atoms with van der Waals surface area (Å²) in [7, 11) is 0. The van der Waals surface area contributed by atoms with E-state index in [0.29, 0.717) is 6.04 Å². The molecule has 1 saturated heterocycles. The van der Waals surface area contributed by atoms with Crippen molar-refractivity contribution in [2.45, 2.75) is 39.0 Å². The monoisotopic (exact) mass is 346 g/mol. The number of nitrogens with one attached hydrogen (secondary N) is 1. The molecule has 1 aromatic heterocycles. The summed E-state index contributed by atoms with van der Waals surface area (Å²) in [4.78, 5) is 14.8. The van der Waals surface area contributed by atoms with E-state index in [1.807, 2.05) is 20.8 Å². The molecule has 0 aliphatic carbocycles. The number of ether oxygens (including phenoxy) is 1. The fourth-order valence-electron chi connectivity index (χ4n) is 1.77. The number of carbonyl (C=O) groups is 1. The van der Waals surface area contributed by atoms with Gasteiger partial charge < -0.3 is 15.0 Å². The Morgan fingerprint density at radius 1 is 1.58 bits per heavy atom. The van der Waals surface area contributed by atoms with E-state index >= 15 is 0 Å². The Hall–Kier alpha value is -0.590. The van der Waals surface area contributed by atoms with Crippen LogP contribution >= 0.6 is 27.3 Å². The predicted octanol–water partition coefficient (Wildman–Crippen LogP) is 3.22. The summed E-state index contributed by atoms with van der Waals surface area (Å²) >= 11 is 5.24. The first-order chi connectivity index (χ1) is 8.85. The van der Waals surface area contributed by atoms with Crippen LogP contribution in [0.25, 0.3) is 0 Å². The van der Waals surface area contributed by atoms with E-state index in [1.54, 1.807) is 16.2 Å². The second-order valence-corrected chi connectivity index (χ2v) is 7.51. The number of hydrogen-bond donors (Lipinski definition) is 1. The molecule has 1 N–H and O–H groups in total. The summed E-state index contributed by atoms with van der Waals surface area (Å²) in [5.41, 5.74) is -0.419. The lowest BCUT2D eigenvalue weighted by Crippen LogP contribution is -2.60. The Balaban J connectivity index is 1.69. The lowest BCUT2D eigenvalue weighted by Gasteiger charge is -2.40. The highest BCUT2D eigenvalue weighted by Gasteiger charge is 2.33. The molecule has 1 aromatic rings. The zero-order chi connectivity index (χ0) is 14.0. The van der Waals surface area contributed by atoms with Crippen molar-refractivity contribution in [3.05, 3.63) is 20.8 Å². The number of hydrogen-bond acceptors (Lipinski definition) is 4. The quantitative estimate of drug-likeness (QED) is 0.913. The third-order valence-corrected chi connectivity index (χ3v) is 4.70. The third kappa shape index (κ3) is 4.19. The molecule has 1 amide bonds. The van der Waals surface area contributed by atoms with Crippen LogP contribution in [0.3, 0.4) is 0 Å². The zero-order valence-electron chi connectivity index (χ0n) is 11.4. The van der Waals surface area contributed by atoms with E-state index in [4.69, 9.17) is 4.74 Å². The van der Waals surface area contributed by atoms with Gasteiger partial charge in [-0.3, -0.25) is 0 Å². The molecule has 0 atom stereocenters. The van der Waals surface area contributed by atoms with Gasteiger partial charge in [0.05, 0.1) is 0 Å². The smallest absolute Gasteiger partial charge is 0.410 e. The lowest BCUT2D eigenvalue weighted by atomic mass is 10.1. The minimum Gasteiger partial charge on any atom is -0.444 e. The van der Waals surface area contributed by atoms with Gasteiger partial charge in [-0.05, 0) is 48.1 Å². The van der Waals surface area contributed by atoms with Crippen LogP contribution in [0.2, 0.25) is 0 Å². The number of thiophene rings is 1. The Kier molecular flexibility index (Phi) is 4.53. The second-order valence-electron chi connectivity index (χ2n) is 5.65. The number of nitrogens with zero attached hydrogens (tertiary/aromatic N) is 1. The van der Waals surface area contributed by atoms with Gasteiger partial charge in [0, 0.05) is 35.0 Å². The maximum absolute atomic E-state index is 11.7. The topological polar surface area (TPSA) is 41.6 Å². The van der Waals surface area contributed by atoms with Crippen LogP contribution in [-0.4, -0.2) is 35.7 Å². The van der Waals surface area contributed by atoms with E-state index in [0.717, 1.165) is 24.1 Å². The summed E-state index contributed by atoms with van der Waals surface area (Å²) in [6, 6.07) is 2.41. The molecule has 1 aliphatic heterocycles. The Labute approximate surface area is 126 Å². The Morgan fingerprint density at radius 2 is 2.26 bits per heavy atom. The maximum atomic E-state index is 11.7. The number of halogens is 1. The van der Waals surface area contributed by atoms with Crippen LogP contribution in [0.4, 0.5) is 4.79 Å². The van der Waals surface area contributed by atoms with Crippen LogP contribution in [0.15, 0.2) is 15.9 Å². The molecular weight excluding hydrogens is 328 g/mol. The molecule has 0 aromatic carbocycles. The standard InChI is InChI=1S/C13H19BrN2O2S/c1-13(2,3)18-12(17)16-7-9(8-16)15-6-11-10(14)4-5-19-11/h4-5,9,15H,6-8H2,1-3H3. The van der Waals surface area contributed by atoms with E-state index in [2.05, 4.69) is 32.7 Å². The highest BCUT2D eigenvalue weighted by molar-refractivity contribution is 9.10. The average Bonchev–Trinajstić information content (AvgIpc) is 2.59. The third-order valence-electron chi connectivity index (χ3n) is 2.78. The lowest BCUT2D eigenvalue weighted by molar-refractivity contribution is 0.00520. The molecule has 4 nitrogen and oxygen atoms in total. The van der Waals surface area contributed by atoms with Crippen molar-refractivity contribution >= 4 is 33.4 Å². The minimum atomic E-state index is -0.419. The molecule has 2 heterocycles. The normalized spacial score (nSPS) is 16.3. The van der Waals surface area contributed by atoms with Crippen LogP contribution in [0, 0.1) is 0 Å². The average molecular weight is 347 g/mol. The summed E-state index contributed by atoms with van der Waals surface area (Å²) in [6.07, 6.45) is -0.220. The zero-order valence-corrected chi connectivity index (χ0v) is 13.8. The summed E-state index contributed by atoms with van der Waals surface area (Å²) in [5.74, 6) is 0. The number of carbonyl (C=O) groups excluding carboxylic acids is 1. The van der Waals surface area contributed by atoms with Crippen molar-refractivity contribution < 1.29 is 9.53 Å². The van der Waals surface area contributed by atoms with Gasteiger partial charge in [0.1, 0.15) is 5.60 Å². The van der Waals surface area contributed by atoms with Crippen LogP contribution < -0.4 is 5.32 Å². The van der Waals surface area contributed by atoms with Gasteiger partial charge in [0.15, 0.2) is 0 Å². The van der Waals surface area contributed by atoms with Crippen molar-refractivity contribution in [3.63, 3.8) is 0 Å². The van der Waals surface area contributed by atoms with Gasteiger partial charge in [-0.1, -0.05) is 0 Å². The molecule has 1 fully saturated rings. The second kappa shape index (κ2) is 5.81. The molecule has 106 valence electrons. The molecule has 0 bridgehead atoms. The van der Waals surface area contributed by atoms with Crippen molar-refractivity contribution in [2.24, 2.45) is 0 Å². The first-order valence-electron chi connectivity index (χ1n) is 6.28. The molecule has 0 saturated carbocycles. The highest BCUT2D eigenvalue weighted by Crippen LogP contribution is 2.23. The van der Waals surface area contributed by atoms with Crippen molar-refractivity contribution in [3.8, 4) is 0 Å². The molecule has 0 radical (unpaired) electrons. The van der Waals surface area contributed by atoms with Gasteiger partial charge in [-0.25, -0.2) is 4.79 Å². The van der Waals surface area contributed by atoms with E-state index in [1.165, 1.54) is 4.88 Å². The molecule has 2 rings (SSSR count). The molecule has 6 heteroatoms. The Bertz CT molecular complexity index is 450. The van der Waals surface area contributed by atoms with Crippen LogP contribution in [0.1, 0.15) is 25.6 Å². The number of amides is 1. The molecule has 0 unspecified atom stereocenters. The minimum absolute atomic E-state index is 0.220. The van der Waals surface area contributed by atoms with Gasteiger partial charge in [-0.2, -0.15) is 0 Å². The Morgan fingerprint density at radius 3 is 2.79 bits per heavy atom. The van der Waals surface area contributed by atoms with E-state index in [-0.39, 0.29) is 6.09 Å². The summed E-state index contributed by atoms with van der Waals surface area (Å²) < 4.78 is 6.46. The van der Waals surface area contributed by atoms with Gasteiger partial charge >= 0.3 is 6.09 Å². The predicted molar refractivity (Wildman–Crippen MR) is 80.5 cm³/mol. The highest BCUT2D eigenvalue weighted by atomic mass is 79.9. The van der Waals surface area contributed by atoms with Gasteiger partial charge in [0.2, 0.25) is 0 Å². The summed E-state index contributed by atoms with van der Waals surface area (Å²) in [5, 5.41) is 5.51. The summed E-state index contributed by atoms with van der Waals surface area (Å²) in [6.45, 7) is 7.93. The van der Waals surface area contributed by atoms with E-state index < -0.39 is 5.60 Å².